The molecule has 1 aliphatic rings. The fourth-order valence-electron chi connectivity index (χ4n) is 2.27. The van der Waals surface area contributed by atoms with Gasteiger partial charge in [-0.25, -0.2) is 0 Å². The first-order valence-electron chi connectivity index (χ1n) is 7.23. The average Bonchev–Trinajstić information content (AvgIpc) is 2.92. The Labute approximate surface area is 124 Å². The molecule has 2 atom stereocenters. The van der Waals surface area contributed by atoms with Crippen LogP contribution in [0.5, 0.6) is 0 Å². The van der Waals surface area contributed by atoms with Gasteiger partial charge in [-0.3, -0.25) is 9.59 Å². The van der Waals surface area contributed by atoms with E-state index in [4.69, 9.17) is 5.73 Å². The van der Waals surface area contributed by atoms with Crippen molar-refractivity contribution in [3.05, 3.63) is 42.0 Å². The molecule has 5 nitrogen and oxygen atoms in total. The summed E-state index contributed by atoms with van der Waals surface area (Å²) in [6.07, 6.45) is 5.13. The fourth-order valence-corrected chi connectivity index (χ4v) is 2.27. The highest BCUT2D eigenvalue weighted by Gasteiger charge is 2.23. The van der Waals surface area contributed by atoms with Gasteiger partial charge in [-0.15, -0.1) is 0 Å². The third kappa shape index (κ3) is 3.92. The summed E-state index contributed by atoms with van der Waals surface area (Å²) in [5.74, 6) is -0.534. The van der Waals surface area contributed by atoms with Crippen LogP contribution in [0.25, 0.3) is 0 Å². The van der Waals surface area contributed by atoms with E-state index in [1.807, 2.05) is 19.1 Å². The van der Waals surface area contributed by atoms with Crippen molar-refractivity contribution < 1.29 is 9.59 Å². The minimum Gasteiger partial charge on any atom is -0.352 e. The number of hydrogen-bond acceptors (Lipinski definition) is 3. The maximum atomic E-state index is 12.2. The zero-order valence-corrected chi connectivity index (χ0v) is 12.1. The molecule has 2 unspecified atom stereocenters. The van der Waals surface area contributed by atoms with Crippen LogP contribution in [0.1, 0.15) is 30.1 Å². The van der Waals surface area contributed by atoms with Gasteiger partial charge < -0.3 is 16.4 Å². The molecule has 0 fully saturated rings. The molecule has 21 heavy (non-hydrogen) atoms. The summed E-state index contributed by atoms with van der Waals surface area (Å²) in [6.45, 7) is 2.60. The molecule has 1 aromatic carbocycles. The van der Waals surface area contributed by atoms with Gasteiger partial charge in [0, 0.05) is 12.6 Å². The minimum atomic E-state index is -0.230. The third-order valence-corrected chi connectivity index (χ3v) is 3.42. The van der Waals surface area contributed by atoms with Crippen molar-refractivity contribution in [2.24, 2.45) is 11.7 Å². The zero-order chi connectivity index (χ0) is 15.2. The Morgan fingerprint density at radius 1 is 1.29 bits per heavy atom. The summed E-state index contributed by atoms with van der Waals surface area (Å²) < 4.78 is 0. The van der Waals surface area contributed by atoms with Crippen molar-refractivity contribution in [2.45, 2.75) is 25.8 Å². The number of hydrogen-bond donors (Lipinski definition) is 3. The molecule has 0 spiro atoms. The second-order valence-corrected chi connectivity index (χ2v) is 5.18. The Morgan fingerprint density at radius 2 is 2.05 bits per heavy atom. The number of amides is 2. The van der Waals surface area contributed by atoms with Crippen LogP contribution in [0, 0.1) is 5.92 Å². The average molecular weight is 287 g/mol. The number of para-hydroxylation sites is 1. The Balaban J connectivity index is 2.08. The van der Waals surface area contributed by atoms with E-state index in [1.54, 1.807) is 24.3 Å². The predicted octanol–water partition coefficient (Wildman–Crippen LogP) is 1.67. The van der Waals surface area contributed by atoms with Gasteiger partial charge in [-0.05, 0) is 25.0 Å². The molecule has 2 amide bonds. The van der Waals surface area contributed by atoms with Crippen molar-refractivity contribution in [3.8, 4) is 0 Å². The van der Waals surface area contributed by atoms with Gasteiger partial charge in [-0.1, -0.05) is 31.2 Å². The second kappa shape index (κ2) is 7.04. The lowest BCUT2D eigenvalue weighted by molar-refractivity contribution is -0.118. The first-order valence-corrected chi connectivity index (χ1v) is 7.23. The van der Waals surface area contributed by atoms with E-state index in [-0.39, 0.29) is 23.8 Å². The van der Waals surface area contributed by atoms with Gasteiger partial charge >= 0.3 is 0 Å². The molecule has 112 valence electrons. The van der Waals surface area contributed by atoms with Crippen LogP contribution in [0.4, 0.5) is 5.69 Å². The first kappa shape index (κ1) is 15.3. The monoisotopic (exact) mass is 287 g/mol. The van der Waals surface area contributed by atoms with Crippen LogP contribution >= 0.6 is 0 Å². The van der Waals surface area contributed by atoms with E-state index in [1.165, 1.54) is 0 Å². The van der Waals surface area contributed by atoms with Gasteiger partial charge in [0.1, 0.15) is 0 Å². The molecule has 2 rings (SSSR count). The van der Waals surface area contributed by atoms with Crippen molar-refractivity contribution in [1.82, 2.24) is 5.32 Å². The van der Waals surface area contributed by atoms with Gasteiger partial charge in [0.2, 0.25) is 5.91 Å². The van der Waals surface area contributed by atoms with E-state index in [2.05, 4.69) is 10.6 Å². The number of anilines is 1. The lowest BCUT2D eigenvalue weighted by Crippen LogP contribution is -2.28. The topological polar surface area (TPSA) is 84.2 Å². The van der Waals surface area contributed by atoms with Crippen molar-refractivity contribution in [3.63, 3.8) is 0 Å². The van der Waals surface area contributed by atoms with Crippen LogP contribution in [0.2, 0.25) is 0 Å². The molecule has 0 bridgehead atoms. The summed E-state index contributed by atoms with van der Waals surface area (Å²) >= 11 is 0. The number of carbonyl (C=O) groups is 2. The first-order chi connectivity index (χ1) is 10.1. The van der Waals surface area contributed by atoms with Crippen molar-refractivity contribution in [1.29, 1.82) is 0 Å². The standard InChI is InChI=1S/C16H21N3O2/c1-2-9-18-16(21)13-5-3-4-6-14(13)19-15(20)11-7-8-12(17)10-11/h3-8,11-12H,2,9-10,17H2,1H3,(H,18,21)(H,19,20). The van der Waals surface area contributed by atoms with E-state index >= 15 is 0 Å². The quantitative estimate of drug-likeness (QED) is 0.720. The van der Waals surface area contributed by atoms with E-state index in [9.17, 15) is 9.59 Å². The van der Waals surface area contributed by atoms with Gasteiger partial charge in [0.15, 0.2) is 0 Å². The third-order valence-electron chi connectivity index (χ3n) is 3.42. The summed E-state index contributed by atoms with van der Waals surface area (Å²) in [5, 5.41) is 5.64. The molecular weight excluding hydrogens is 266 g/mol. The number of rotatable bonds is 5. The maximum absolute atomic E-state index is 12.2. The van der Waals surface area contributed by atoms with Gasteiger partial charge in [0.05, 0.1) is 17.2 Å². The molecule has 1 aromatic rings. The number of nitrogens with two attached hydrogens (primary N) is 1. The summed E-state index contributed by atoms with van der Waals surface area (Å²) in [7, 11) is 0. The van der Waals surface area contributed by atoms with Crippen LogP contribution in [0.3, 0.4) is 0 Å². The van der Waals surface area contributed by atoms with Gasteiger partial charge in [0.25, 0.3) is 5.91 Å². The second-order valence-electron chi connectivity index (χ2n) is 5.18. The molecule has 0 heterocycles. The number of carbonyl (C=O) groups excluding carboxylic acids is 2. The largest absolute Gasteiger partial charge is 0.352 e. The lowest BCUT2D eigenvalue weighted by atomic mass is 10.1. The Bertz CT molecular complexity index is 554. The SMILES string of the molecule is CCCNC(=O)c1ccccc1NC(=O)C1C=CC(N)C1. The zero-order valence-electron chi connectivity index (χ0n) is 12.1. The van der Waals surface area contributed by atoms with Gasteiger partial charge in [-0.2, -0.15) is 0 Å². The highest BCUT2D eigenvalue weighted by Crippen LogP contribution is 2.21. The molecule has 0 saturated carbocycles. The van der Waals surface area contributed by atoms with E-state index < -0.39 is 0 Å². The molecule has 0 radical (unpaired) electrons. The number of nitrogens with one attached hydrogen (secondary N) is 2. The Hall–Kier alpha value is -2.14. The van der Waals surface area contributed by atoms with Crippen LogP contribution in [-0.2, 0) is 4.79 Å². The summed E-state index contributed by atoms with van der Waals surface area (Å²) in [4.78, 5) is 24.3. The molecular formula is C16H21N3O2. The van der Waals surface area contributed by atoms with Crippen molar-refractivity contribution >= 4 is 17.5 Å². The Morgan fingerprint density at radius 3 is 2.71 bits per heavy atom. The highest BCUT2D eigenvalue weighted by molar-refractivity contribution is 6.04. The molecule has 0 aliphatic heterocycles. The molecule has 4 N–H and O–H groups in total. The highest BCUT2D eigenvalue weighted by atomic mass is 16.2. The minimum absolute atomic E-state index is 0.0659. The van der Waals surface area contributed by atoms with Crippen LogP contribution < -0.4 is 16.4 Å². The molecule has 0 aromatic heterocycles. The molecule has 1 aliphatic carbocycles. The predicted molar refractivity (Wildman–Crippen MR) is 82.9 cm³/mol. The lowest BCUT2D eigenvalue weighted by Gasteiger charge is -2.14. The smallest absolute Gasteiger partial charge is 0.253 e. The van der Waals surface area contributed by atoms with E-state index in [0.29, 0.717) is 24.2 Å². The summed E-state index contributed by atoms with van der Waals surface area (Å²) in [5.41, 5.74) is 6.77. The summed E-state index contributed by atoms with van der Waals surface area (Å²) in [6, 6.07) is 6.95. The normalized spacial score (nSPS) is 20.3. The Kier molecular flexibility index (Phi) is 5.11. The molecule has 5 heteroatoms. The maximum Gasteiger partial charge on any atom is 0.253 e. The van der Waals surface area contributed by atoms with Crippen molar-refractivity contribution in [2.75, 3.05) is 11.9 Å². The molecule has 0 saturated heterocycles. The number of benzene rings is 1. The van der Waals surface area contributed by atoms with E-state index in [0.717, 1.165) is 6.42 Å². The van der Waals surface area contributed by atoms with Crippen LogP contribution in [-0.4, -0.2) is 24.4 Å². The van der Waals surface area contributed by atoms with Crippen LogP contribution in [0.15, 0.2) is 36.4 Å². The fraction of sp³-hybridized carbons (Fsp3) is 0.375.